The van der Waals surface area contributed by atoms with E-state index in [2.05, 4.69) is 5.32 Å². The van der Waals surface area contributed by atoms with Crippen molar-refractivity contribution in [2.45, 2.75) is 38.6 Å². The van der Waals surface area contributed by atoms with E-state index in [1.54, 1.807) is 6.92 Å². The lowest BCUT2D eigenvalue weighted by molar-refractivity contribution is -0.143. The number of carboxylic acids is 2. The zero-order valence-corrected chi connectivity index (χ0v) is 18.2. The van der Waals surface area contributed by atoms with Crippen molar-refractivity contribution in [1.29, 1.82) is 0 Å². The molecule has 0 radical (unpaired) electrons. The quantitative estimate of drug-likeness (QED) is 0.580. The van der Waals surface area contributed by atoms with Gasteiger partial charge >= 0.3 is 18.0 Å². The zero-order valence-electron chi connectivity index (χ0n) is 18.2. The molecule has 0 saturated carbocycles. The normalized spacial score (nSPS) is 17.9. The predicted octanol–water partition coefficient (Wildman–Crippen LogP) is 3.88. The summed E-state index contributed by atoms with van der Waals surface area (Å²) in [4.78, 5) is 37.1. The van der Waals surface area contributed by atoms with Gasteiger partial charge in [-0.15, -0.1) is 0 Å². The molecule has 1 aliphatic heterocycles. The van der Waals surface area contributed by atoms with E-state index in [0.717, 1.165) is 16.7 Å². The molecule has 3 N–H and O–H groups in total. The van der Waals surface area contributed by atoms with Gasteiger partial charge in [0.1, 0.15) is 0 Å². The number of aliphatic carboxylic acids is 2. The Morgan fingerprint density at radius 2 is 1.69 bits per heavy atom. The number of nitrogens with zero attached hydrogens (tertiary/aromatic N) is 1. The molecule has 3 atom stereocenters. The van der Waals surface area contributed by atoms with E-state index in [-0.39, 0.29) is 25.0 Å². The molecule has 1 saturated heterocycles. The number of carboxylic acid groups (broad SMARTS) is 2. The highest BCUT2D eigenvalue weighted by Crippen LogP contribution is 2.21. The average molecular weight is 439 g/mol. The van der Waals surface area contributed by atoms with E-state index < -0.39 is 23.8 Å². The topological polar surface area (TPSA) is 107 Å². The SMILES string of the molecule is C[C@H](CC(Cc1ccc(-c2ccccc2)cc1)NC(=O)N1CCCC(C(=O)O)C1)C(=O)O. The van der Waals surface area contributed by atoms with E-state index in [0.29, 0.717) is 25.8 Å². The first-order valence-electron chi connectivity index (χ1n) is 11.0. The number of benzene rings is 2. The first-order valence-corrected chi connectivity index (χ1v) is 11.0. The molecule has 7 heteroatoms. The summed E-state index contributed by atoms with van der Waals surface area (Å²) in [6.45, 7) is 2.30. The summed E-state index contributed by atoms with van der Waals surface area (Å²) in [6, 6.07) is 17.3. The second-order valence-corrected chi connectivity index (χ2v) is 8.51. The minimum absolute atomic E-state index is 0.175. The van der Waals surface area contributed by atoms with Crippen LogP contribution in [0.3, 0.4) is 0 Å². The molecule has 1 heterocycles. The van der Waals surface area contributed by atoms with Crippen LogP contribution in [-0.2, 0) is 16.0 Å². The van der Waals surface area contributed by atoms with Crippen LogP contribution in [0.1, 0.15) is 31.7 Å². The fourth-order valence-electron chi connectivity index (χ4n) is 4.10. The van der Waals surface area contributed by atoms with Gasteiger partial charge in [0, 0.05) is 19.1 Å². The van der Waals surface area contributed by atoms with Crippen LogP contribution in [0.25, 0.3) is 11.1 Å². The summed E-state index contributed by atoms with van der Waals surface area (Å²) in [7, 11) is 0. The van der Waals surface area contributed by atoms with Crippen molar-refractivity contribution < 1.29 is 24.6 Å². The van der Waals surface area contributed by atoms with Crippen molar-refractivity contribution in [3.63, 3.8) is 0 Å². The molecule has 2 amide bonds. The second kappa shape index (κ2) is 10.8. The van der Waals surface area contributed by atoms with Crippen LogP contribution < -0.4 is 5.32 Å². The lowest BCUT2D eigenvalue weighted by Crippen LogP contribution is -2.50. The highest BCUT2D eigenvalue weighted by atomic mass is 16.4. The van der Waals surface area contributed by atoms with Crippen molar-refractivity contribution in [3.8, 4) is 11.1 Å². The third kappa shape index (κ3) is 6.33. The lowest BCUT2D eigenvalue weighted by Gasteiger charge is -2.32. The minimum atomic E-state index is -0.910. The van der Waals surface area contributed by atoms with Crippen molar-refractivity contribution >= 4 is 18.0 Å². The Bertz CT molecular complexity index is 929. The van der Waals surface area contributed by atoms with Gasteiger partial charge in [-0.25, -0.2) is 4.79 Å². The van der Waals surface area contributed by atoms with Gasteiger partial charge in [0.05, 0.1) is 11.8 Å². The Kier molecular flexibility index (Phi) is 7.87. The molecule has 2 aromatic rings. The fraction of sp³-hybridized carbons (Fsp3) is 0.400. The third-order valence-electron chi connectivity index (χ3n) is 5.99. The van der Waals surface area contributed by atoms with Crippen LogP contribution >= 0.6 is 0 Å². The van der Waals surface area contributed by atoms with Crippen LogP contribution in [0.2, 0.25) is 0 Å². The molecule has 0 aliphatic carbocycles. The molecule has 7 nitrogen and oxygen atoms in total. The van der Waals surface area contributed by atoms with E-state index in [4.69, 9.17) is 0 Å². The van der Waals surface area contributed by atoms with Crippen LogP contribution in [0, 0.1) is 11.8 Å². The summed E-state index contributed by atoms with van der Waals surface area (Å²) in [5.74, 6) is -2.97. The van der Waals surface area contributed by atoms with Crippen molar-refractivity contribution in [2.75, 3.05) is 13.1 Å². The van der Waals surface area contributed by atoms with E-state index in [1.807, 2.05) is 54.6 Å². The Morgan fingerprint density at radius 1 is 1.03 bits per heavy atom. The third-order valence-corrected chi connectivity index (χ3v) is 5.99. The number of carbonyl (C=O) groups is 3. The molecule has 2 aromatic carbocycles. The molecule has 0 spiro atoms. The minimum Gasteiger partial charge on any atom is -0.481 e. The molecular formula is C25H30N2O5. The largest absolute Gasteiger partial charge is 0.481 e. The molecule has 3 rings (SSSR count). The lowest BCUT2D eigenvalue weighted by atomic mass is 9.95. The maximum Gasteiger partial charge on any atom is 0.317 e. The first kappa shape index (κ1) is 23.3. The molecule has 2 unspecified atom stereocenters. The summed E-state index contributed by atoms with van der Waals surface area (Å²) >= 11 is 0. The molecule has 32 heavy (non-hydrogen) atoms. The summed E-state index contributed by atoms with van der Waals surface area (Å²) in [5.41, 5.74) is 3.19. The van der Waals surface area contributed by atoms with Gasteiger partial charge in [-0.1, -0.05) is 61.5 Å². The van der Waals surface area contributed by atoms with E-state index in [1.165, 1.54) is 4.90 Å². The molecular weight excluding hydrogens is 408 g/mol. The van der Waals surface area contributed by atoms with E-state index >= 15 is 0 Å². The van der Waals surface area contributed by atoms with Gasteiger partial charge in [-0.2, -0.15) is 0 Å². The van der Waals surface area contributed by atoms with Crippen LogP contribution in [-0.4, -0.2) is 52.2 Å². The number of hydrogen-bond donors (Lipinski definition) is 3. The summed E-state index contributed by atoms with van der Waals surface area (Å²) < 4.78 is 0. The van der Waals surface area contributed by atoms with Crippen LogP contribution in [0.15, 0.2) is 54.6 Å². The number of urea groups is 1. The highest BCUT2D eigenvalue weighted by molar-refractivity contribution is 5.77. The Hall–Kier alpha value is -3.35. The molecule has 1 aliphatic rings. The summed E-state index contributed by atoms with van der Waals surface area (Å²) in [5, 5.41) is 21.6. The highest BCUT2D eigenvalue weighted by Gasteiger charge is 2.29. The Balaban J connectivity index is 1.69. The maximum absolute atomic E-state index is 12.8. The number of likely N-dealkylation sites (tertiary alicyclic amines) is 1. The zero-order chi connectivity index (χ0) is 23.1. The van der Waals surface area contributed by atoms with Crippen molar-refractivity contribution in [3.05, 3.63) is 60.2 Å². The van der Waals surface area contributed by atoms with Gasteiger partial charge in [-0.3, -0.25) is 9.59 Å². The van der Waals surface area contributed by atoms with Gasteiger partial charge < -0.3 is 20.4 Å². The van der Waals surface area contributed by atoms with Crippen molar-refractivity contribution in [2.24, 2.45) is 11.8 Å². The van der Waals surface area contributed by atoms with Crippen molar-refractivity contribution in [1.82, 2.24) is 10.2 Å². The van der Waals surface area contributed by atoms with Gasteiger partial charge in [0.2, 0.25) is 0 Å². The predicted molar refractivity (Wildman–Crippen MR) is 121 cm³/mol. The van der Waals surface area contributed by atoms with Gasteiger partial charge in [-0.05, 0) is 42.4 Å². The smallest absolute Gasteiger partial charge is 0.317 e. The fourth-order valence-corrected chi connectivity index (χ4v) is 4.10. The first-order chi connectivity index (χ1) is 15.3. The maximum atomic E-state index is 12.8. The summed E-state index contributed by atoms with van der Waals surface area (Å²) in [6.07, 6.45) is 1.99. The van der Waals surface area contributed by atoms with E-state index in [9.17, 15) is 24.6 Å². The second-order valence-electron chi connectivity index (χ2n) is 8.51. The number of amides is 2. The number of piperidine rings is 1. The van der Waals surface area contributed by atoms with Crippen LogP contribution in [0.4, 0.5) is 4.79 Å². The molecule has 0 aromatic heterocycles. The Labute approximate surface area is 188 Å². The number of nitrogens with one attached hydrogen (secondary N) is 1. The average Bonchev–Trinajstić information content (AvgIpc) is 2.80. The van der Waals surface area contributed by atoms with Crippen LogP contribution in [0.5, 0.6) is 0 Å². The van der Waals surface area contributed by atoms with Gasteiger partial charge in [0.15, 0.2) is 0 Å². The number of carbonyl (C=O) groups excluding carboxylic acids is 1. The molecule has 170 valence electrons. The Morgan fingerprint density at radius 3 is 2.31 bits per heavy atom. The standard InChI is InChI=1S/C25H30N2O5/c1-17(23(28)29)14-22(26-25(32)27-13-5-8-21(16-27)24(30)31)15-18-9-11-20(12-10-18)19-6-3-2-4-7-19/h2-4,6-7,9-12,17,21-22H,5,8,13-16H2,1H3,(H,26,32)(H,28,29)(H,30,31)/t17-,21?,22?/m1/s1. The number of hydrogen-bond acceptors (Lipinski definition) is 3. The molecule has 0 bridgehead atoms. The molecule has 1 fully saturated rings. The van der Waals surface area contributed by atoms with Gasteiger partial charge in [0.25, 0.3) is 0 Å². The number of rotatable bonds is 8. The monoisotopic (exact) mass is 438 g/mol.